The first-order valence-corrected chi connectivity index (χ1v) is 7.80. The van der Waals surface area contributed by atoms with Crippen LogP contribution in [0.3, 0.4) is 0 Å². The maximum Gasteiger partial charge on any atom is 0.387 e. The van der Waals surface area contributed by atoms with E-state index in [2.05, 4.69) is 15.4 Å². The second-order valence-corrected chi connectivity index (χ2v) is 5.49. The fraction of sp³-hybridized carbons (Fsp3) is 0.222. The topological polar surface area (TPSA) is 67.4 Å². The van der Waals surface area contributed by atoms with E-state index in [-0.39, 0.29) is 17.7 Å². The minimum Gasteiger partial charge on any atom is -0.435 e. The van der Waals surface area contributed by atoms with Crippen LogP contribution >= 0.6 is 0 Å². The van der Waals surface area contributed by atoms with E-state index >= 15 is 0 Å². The third-order valence-corrected chi connectivity index (χ3v) is 3.60. The SMILES string of the molecule is CNC(=O)C(NC(=O)Cc1ccc(OC(F)F)cc1)c1ccc(F)c(F)c1. The zero-order valence-electron chi connectivity index (χ0n) is 14.1. The highest BCUT2D eigenvalue weighted by Gasteiger charge is 2.23. The molecule has 0 bridgehead atoms. The summed E-state index contributed by atoms with van der Waals surface area (Å²) in [6, 6.07) is 7.04. The van der Waals surface area contributed by atoms with E-state index in [1.165, 1.54) is 37.4 Å². The predicted octanol–water partition coefficient (Wildman–Crippen LogP) is 2.71. The summed E-state index contributed by atoms with van der Waals surface area (Å²) < 4.78 is 55.0. The molecule has 27 heavy (non-hydrogen) atoms. The molecule has 1 atom stereocenters. The summed E-state index contributed by atoms with van der Waals surface area (Å²) in [6.45, 7) is -2.96. The average Bonchev–Trinajstić information content (AvgIpc) is 2.62. The van der Waals surface area contributed by atoms with Crippen molar-refractivity contribution < 1.29 is 31.9 Å². The molecule has 9 heteroatoms. The third kappa shape index (κ3) is 5.70. The first-order chi connectivity index (χ1) is 12.8. The molecule has 0 saturated carbocycles. The zero-order chi connectivity index (χ0) is 20.0. The van der Waals surface area contributed by atoms with Crippen LogP contribution in [0.1, 0.15) is 17.2 Å². The molecular formula is C18H16F4N2O3. The number of amides is 2. The van der Waals surface area contributed by atoms with Gasteiger partial charge in [0.15, 0.2) is 11.6 Å². The van der Waals surface area contributed by atoms with Crippen LogP contribution in [0.5, 0.6) is 5.75 Å². The third-order valence-electron chi connectivity index (χ3n) is 3.60. The molecule has 144 valence electrons. The average molecular weight is 384 g/mol. The number of rotatable bonds is 7. The van der Waals surface area contributed by atoms with E-state index < -0.39 is 36.1 Å². The van der Waals surface area contributed by atoms with Gasteiger partial charge in [0.1, 0.15) is 11.8 Å². The number of benzene rings is 2. The van der Waals surface area contributed by atoms with E-state index in [4.69, 9.17) is 0 Å². The zero-order valence-corrected chi connectivity index (χ0v) is 14.1. The van der Waals surface area contributed by atoms with Gasteiger partial charge in [-0.25, -0.2) is 8.78 Å². The molecule has 1 unspecified atom stereocenters. The number of nitrogens with one attached hydrogen (secondary N) is 2. The second kappa shape index (κ2) is 9.02. The van der Waals surface area contributed by atoms with Gasteiger partial charge in [0.2, 0.25) is 11.8 Å². The van der Waals surface area contributed by atoms with Crippen LogP contribution < -0.4 is 15.4 Å². The Morgan fingerprint density at radius 1 is 1.04 bits per heavy atom. The molecule has 2 rings (SSSR count). The number of alkyl halides is 2. The van der Waals surface area contributed by atoms with Crippen LogP contribution in [-0.4, -0.2) is 25.5 Å². The summed E-state index contributed by atoms with van der Waals surface area (Å²) >= 11 is 0. The van der Waals surface area contributed by atoms with Crippen LogP contribution in [0.25, 0.3) is 0 Å². The first-order valence-electron chi connectivity index (χ1n) is 7.80. The maximum absolute atomic E-state index is 13.4. The lowest BCUT2D eigenvalue weighted by atomic mass is 10.0. The van der Waals surface area contributed by atoms with Gasteiger partial charge in [-0.15, -0.1) is 0 Å². The summed E-state index contributed by atoms with van der Waals surface area (Å²) in [4.78, 5) is 24.2. The Labute approximate surface area is 152 Å². The van der Waals surface area contributed by atoms with Gasteiger partial charge < -0.3 is 15.4 Å². The standard InChI is InChI=1S/C18H16F4N2O3/c1-23-17(26)16(11-4-7-13(19)14(20)9-11)24-15(25)8-10-2-5-12(6-3-10)27-18(21)22/h2-7,9,16,18H,8H2,1H3,(H,23,26)(H,24,25). The van der Waals surface area contributed by atoms with Gasteiger partial charge in [-0.1, -0.05) is 18.2 Å². The lowest BCUT2D eigenvalue weighted by Crippen LogP contribution is -2.39. The lowest BCUT2D eigenvalue weighted by molar-refractivity contribution is -0.128. The highest BCUT2D eigenvalue weighted by atomic mass is 19.3. The highest BCUT2D eigenvalue weighted by molar-refractivity contribution is 5.89. The van der Waals surface area contributed by atoms with Crippen LogP contribution in [0.4, 0.5) is 17.6 Å². The molecule has 2 aromatic rings. The Hall–Kier alpha value is -3.10. The Bertz CT molecular complexity index is 813. The van der Waals surface area contributed by atoms with Crippen molar-refractivity contribution in [2.45, 2.75) is 19.1 Å². The molecule has 0 aliphatic rings. The van der Waals surface area contributed by atoms with Gasteiger partial charge in [-0.05, 0) is 35.4 Å². The fourth-order valence-electron chi connectivity index (χ4n) is 2.32. The van der Waals surface area contributed by atoms with Gasteiger partial charge in [-0.2, -0.15) is 8.78 Å². The fourth-order valence-corrected chi connectivity index (χ4v) is 2.32. The first kappa shape index (κ1) is 20.2. The van der Waals surface area contributed by atoms with Gasteiger partial charge in [0.25, 0.3) is 0 Å². The highest BCUT2D eigenvalue weighted by Crippen LogP contribution is 2.18. The lowest BCUT2D eigenvalue weighted by Gasteiger charge is -2.18. The van der Waals surface area contributed by atoms with E-state index in [9.17, 15) is 27.2 Å². The maximum atomic E-state index is 13.4. The van der Waals surface area contributed by atoms with Gasteiger partial charge in [0, 0.05) is 7.05 Å². The summed E-state index contributed by atoms with van der Waals surface area (Å²) in [5, 5.41) is 4.77. The van der Waals surface area contributed by atoms with Crippen LogP contribution in [0.15, 0.2) is 42.5 Å². The quantitative estimate of drug-likeness (QED) is 0.722. The van der Waals surface area contributed by atoms with Crippen LogP contribution in [-0.2, 0) is 16.0 Å². The second-order valence-electron chi connectivity index (χ2n) is 5.49. The van der Waals surface area contributed by atoms with E-state index in [1.54, 1.807) is 0 Å². The molecule has 0 spiro atoms. The molecule has 0 heterocycles. The number of carbonyl (C=O) groups is 2. The molecule has 0 radical (unpaired) electrons. The van der Waals surface area contributed by atoms with Gasteiger partial charge >= 0.3 is 6.61 Å². The molecule has 2 N–H and O–H groups in total. The molecule has 0 saturated heterocycles. The molecule has 0 fully saturated rings. The van der Waals surface area contributed by atoms with Crippen molar-refractivity contribution in [1.29, 1.82) is 0 Å². The van der Waals surface area contributed by atoms with E-state index in [1.807, 2.05) is 0 Å². The van der Waals surface area contributed by atoms with Crippen molar-refractivity contribution in [1.82, 2.24) is 10.6 Å². The monoisotopic (exact) mass is 384 g/mol. The molecule has 0 aliphatic heterocycles. The largest absolute Gasteiger partial charge is 0.435 e. The van der Waals surface area contributed by atoms with Crippen molar-refractivity contribution in [2.75, 3.05) is 7.05 Å². The minimum absolute atomic E-state index is 0.0563. The van der Waals surface area contributed by atoms with Gasteiger partial charge in [0.05, 0.1) is 6.42 Å². The number of carbonyl (C=O) groups excluding carboxylic acids is 2. The Morgan fingerprint density at radius 2 is 1.70 bits per heavy atom. The van der Waals surface area contributed by atoms with Crippen LogP contribution in [0.2, 0.25) is 0 Å². The summed E-state index contributed by atoms with van der Waals surface area (Å²) in [5.41, 5.74) is 0.553. The van der Waals surface area contributed by atoms with Crippen molar-refractivity contribution in [3.05, 3.63) is 65.2 Å². The Morgan fingerprint density at radius 3 is 2.26 bits per heavy atom. The molecular weight excluding hydrogens is 368 g/mol. The molecule has 5 nitrogen and oxygen atoms in total. The number of hydrogen-bond donors (Lipinski definition) is 2. The van der Waals surface area contributed by atoms with E-state index in [0.29, 0.717) is 5.56 Å². The van der Waals surface area contributed by atoms with Crippen molar-refractivity contribution >= 4 is 11.8 Å². The molecule has 2 amide bonds. The normalized spacial score (nSPS) is 11.8. The molecule has 0 aliphatic carbocycles. The summed E-state index contributed by atoms with van der Waals surface area (Å²) in [5.74, 6) is -3.47. The van der Waals surface area contributed by atoms with Crippen molar-refractivity contribution in [3.63, 3.8) is 0 Å². The number of halogens is 4. The van der Waals surface area contributed by atoms with E-state index in [0.717, 1.165) is 12.1 Å². The Balaban J connectivity index is 2.09. The number of likely N-dealkylation sites (N-methyl/N-ethyl adjacent to an activating group) is 1. The molecule has 2 aromatic carbocycles. The summed E-state index contributed by atoms with van der Waals surface area (Å²) in [6.07, 6.45) is -0.161. The smallest absolute Gasteiger partial charge is 0.387 e. The minimum atomic E-state index is -2.96. The molecule has 0 aromatic heterocycles. The number of ether oxygens (including phenoxy) is 1. The van der Waals surface area contributed by atoms with Gasteiger partial charge in [-0.3, -0.25) is 9.59 Å². The summed E-state index contributed by atoms with van der Waals surface area (Å²) in [7, 11) is 1.34. The Kier molecular flexibility index (Phi) is 6.75. The van der Waals surface area contributed by atoms with Crippen molar-refractivity contribution in [3.8, 4) is 5.75 Å². The predicted molar refractivity (Wildman–Crippen MR) is 88.1 cm³/mol. The number of hydrogen-bond acceptors (Lipinski definition) is 3. The van der Waals surface area contributed by atoms with Crippen LogP contribution in [0, 0.1) is 11.6 Å². The van der Waals surface area contributed by atoms with Crippen molar-refractivity contribution in [2.24, 2.45) is 0 Å².